The predicted octanol–water partition coefficient (Wildman–Crippen LogP) is 2.88. The second-order valence-corrected chi connectivity index (χ2v) is 5.04. The monoisotopic (exact) mass is 278 g/mol. The molecule has 0 spiro atoms. The third-order valence-corrected chi connectivity index (χ3v) is 3.54. The van der Waals surface area contributed by atoms with Crippen LogP contribution in [0.4, 0.5) is 0 Å². The van der Waals surface area contributed by atoms with Crippen LogP contribution in [0.3, 0.4) is 0 Å². The molecule has 21 heavy (non-hydrogen) atoms. The summed E-state index contributed by atoms with van der Waals surface area (Å²) < 4.78 is 1.88. The molecule has 0 fully saturated rings. The first kappa shape index (κ1) is 13.5. The molecule has 2 aromatic carbocycles. The van der Waals surface area contributed by atoms with Crippen LogP contribution < -0.4 is 5.32 Å². The lowest BCUT2D eigenvalue weighted by Crippen LogP contribution is -2.21. The lowest BCUT2D eigenvalue weighted by Gasteiger charge is -2.18. The number of nitrogens with one attached hydrogen (secondary N) is 1. The van der Waals surface area contributed by atoms with Crippen molar-refractivity contribution >= 4 is 0 Å². The summed E-state index contributed by atoms with van der Waals surface area (Å²) in [6, 6.07) is 18.6. The zero-order valence-corrected chi connectivity index (χ0v) is 12.2. The Kier molecular flexibility index (Phi) is 3.79. The second kappa shape index (κ2) is 5.89. The average Bonchev–Trinajstić information content (AvgIpc) is 2.98. The standard InChI is InChI=1S/C17H18N4/c1-13-7-6-8-14(11-13)17(18-2)16-12-19-20-21(16)15-9-4-3-5-10-15/h3-12,17-18H,1-2H3. The lowest BCUT2D eigenvalue weighted by atomic mass is 10.0. The maximum Gasteiger partial charge on any atom is 0.0860 e. The number of rotatable bonds is 4. The predicted molar refractivity (Wildman–Crippen MR) is 83.4 cm³/mol. The fourth-order valence-corrected chi connectivity index (χ4v) is 2.54. The van der Waals surface area contributed by atoms with E-state index in [4.69, 9.17) is 0 Å². The Morgan fingerprint density at radius 2 is 1.86 bits per heavy atom. The molecule has 0 aliphatic rings. The van der Waals surface area contributed by atoms with Gasteiger partial charge in [-0.05, 0) is 31.7 Å². The van der Waals surface area contributed by atoms with E-state index in [0.717, 1.165) is 11.4 Å². The van der Waals surface area contributed by atoms with Crippen molar-refractivity contribution in [2.24, 2.45) is 0 Å². The Bertz CT molecular complexity index is 718. The van der Waals surface area contributed by atoms with Gasteiger partial charge in [-0.15, -0.1) is 5.10 Å². The number of nitrogens with zero attached hydrogens (tertiary/aromatic N) is 3. The molecule has 0 radical (unpaired) electrons. The summed E-state index contributed by atoms with van der Waals surface area (Å²) in [6.45, 7) is 2.10. The summed E-state index contributed by atoms with van der Waals surface area (Å²) in [4.78, 5) is 0. The van der Waals surface area contributed by atoms with Crippen LogP contribution >= 0.6 is 0 Å². The van der Waals surface area contributed by atoms with E-state index in [9.17, 15) is 0 Å². The first-order valence-corrected chi connectivity index (χ1v) is 6.99. The highest BCUT2D eigenvalue weighted by Gasteiger charge is 2.18. The zero-order valence-electron chi connectivity index (χ0n) is 12.2. The minimum atomic E-state index is 0.0557. The van der Waals surface area contributed by atoms with E-state index in [1.165, 1.54) is 11.1 Å². The van der Waals surface area contributed by atoms with Gasteiger partial charge < -0.3 is 5.32 Å². The minimum Gasteiger partial charge on any atom is -0.308 e. The van der Waals surface area contributed by atoms with Gasteiger partial charge in [0.05, 0.1) is 23.6 Å². The molecule has 1 aromatic heterocycles. The van der Waals surface area contributed by atoms with Crippen LogP contribution in [0.1, 0.15) is 22.9 Å². The molecule has 1 atom stereocenters. The fourth-order valence-electron chi connectivity index (χ4n) is 2.54. The van der Waals surface area contributed by atoms with Crippen molar-refractivity contribution in [1.82, 2.24) is 20.3 Å². The Morgan fingerprint density at radius 1 is 1.05 bits per heavy atom. The summed E-state index contributed by atoms with van der Waals surface area (Å²) in [5, 5.41) is 11.7. The highest BCUT2D eigenvalue weighted by atomic mass is 15.4. The largest absolute Gasteiger partial charge is 0.308 e. The highest BCUT2D eigenvalue weighted by molar-refractivity contribution is 5.36. The van der Waals surface area contributed by atoms with E-state index < -0.39 is 0 Å². The molecule has 0 saturated heterocycles. The third-order valence-electron chi connectivity index (χ3n) is 3.54. The quantitative estimate of drug-likeness (QED) is 0.798. The van der Waals surface area contributed by atoms with Crippen molar-refractivity contribution in [3.8, 4) is 5.69 Å². The minimum absolute atomic E-state index is 0.0557. The average molecular weight is 278 g/mol. The zero-order chi connectivity index (χ0) is 14.7. The molecule has 1 unspecified atom stereocenters. The van der Waals surface area contributed by atoms with Gasteiger partial charge in [0.15, 0.2) is 0 Å². The molecular formula is C17H18N4. The van der Waals surface area contributed by atoms with Crippen molar-refractivity contribution in [3.63, 3.8) is 0 Å². The summed E-state index contributed by atoms with van der Waals surface area (Å²) >= 11 is 0. The summed E-state index contributed by atoms with van der Waals surface area (Å²) in [7, 11) is 1.95. The molecule has 0 bridgehead atoms. The molecule has 106 valence electrons. The second-order valence-electron chi connectivity index (χ2n) is 5.04. The van der Waals surface area contributed by atoms with Crippen LogP contribution in [-0.2, 0) is 0 Å². The van der Waals surface area contributed by atoms with Crippen molar-refractivity contribution in [3.05, 3.63) is 77.6 Å². The molecule has 3 aromatic rings. The van der Waals surface area contributed by atoms with Crippen molar-refractivity contribution in [1.29, 1.82) is 0 Å². The van der Waals surface area contributed by atoms with Crippen LogP contribution in [0.25, 0.3) is 5.69 Å². The summed E-state index contributed by atoms with van der Waals surface area (Å²) in [6.07, 6.45) is 1.82. The van der Waals surface area contributed by atoms with Crippen LogP contribution in [0.5, 0.6) is 0 Å². The van der Waals surface area contributed by atoms with Gasteiger partial charge in [-0.25, -0.2) is 4.68 Å². The highest BCUT2D eigenvalue weighted by Crippen LogP contribution is 2.23. The topological polar surface area (TPSA) is 42.7 Å². The smallest absolute Gasteiger partial charge is 0.0860 e. The molecule has 1 N–H and O–H groups in total. The van der Waals surface area contributed by atoms with E-state index in [1.807, 2.05) is 48.3 Å². The summed E-state index contributed by atoms with van der Waals surface area (Å²) in [5.41, 5.74) is 4.48. The number of aryl methyl sites for hydroxylation is 1. The maximum absolute atomic E-state index is 4.23. The van der Waals surface area contributed by atoms with Crippen LogP contribution in [0, 0.1) is 6.92 Å². The number of hydrogen-bond acceptors (Lipinski definition) is 3. The fraction of sp³-hybridized carbons (Fsp3) is 0.176. The Labute approximate surface area is 124 Å². The Hall–Kier alpha value is -2.46. The van der Waals surface area contributed by atoms with E-state index in [0.29, 0.717) is 0 Å². The van der Waals surface area contributed by atoms with Crippen molar-refractivity contribution in [2.75, 3.05) is 7.05 Å². The van der Waals surface area contributed by atoms with Gasteiger partial charge in [0, 0.05) is 0 Å². The van der Waals surface area contributed by atoms with E-state index in [2.05, 4.69) is 46.8 Å². The number of benzene rings is 2. The number of aromatic nitrogens is 3. The molecule has 1 heterocycles. The molecule has 4 heteroatoms. The van der Waals surface area contributed by atoms with Gasteiger partial charge in [0.25, 0.3) is 0 Å². The number of hydrogen-bond donors (Lipinski definition) is 1. The molecule has 4 nitrogen and oxygen atoms in total. The van der Waals surface area contributed by atoms with E-state index in [-0.39, 0.29) is 6.04 Å². The molecule has 0 aliphatic heterocycles. The first-order valence-electron chi connectivity index (χ1n) is 6.99. The van der Waals surface area contributed by atoms with E-state index in [1.54, 1.807) is 0 Å². The van der Waals surface area contributed by atoms with Crippen LogP contribution in [0.15, 0.2) is 60.8 Å². The van der Waals surface area contributed by atoms with Gasteiger partial charge in [0.2, 0.25) is 0 Å². The van der Waals surface area contributed by atoms with E-state index >= 15 is 0 Å². The van der Waals surface area contributed by atoms with Gasteiger partial charge in [-0.3, -0.25) is 0 Å². The molecular weight excluding hydrogens is 260 g/mol. The first-order chi connectivity index (χ1) is 10.3. The maximum atomic E-state index is 4.23. The normalized spacial score (nSPS) is 12.3. The SMILES string of the molecule is CNC(c1cccc(C)c1)c1cnnn1-c1ccccc1. The van der Waals surface area contributed by atoms with Gasteiger partial charge >= 0.3 is 0 Å². The molecule has 0 saturated carbocycles. The molecule has 3 rings (SSSR count). The Balaban J connectivity index is 2.05. The molecule has 0 amide bonds. The van der Waals surface area contributed by atoms with Gasteiger partial charge in [-0.2, -0.15) is 0 Å². The van der Waals surface area contributed by atoms with Crippen molar-refractivity contribution in [2.45, 2.75) is 13.0 Å². The molecule has 0 aliphatic carbocycles. The number of para-hydroxylation sites is 1. The van der Waals surface area contributed by atoms with Crippen molar-refractivity contribution < 1.29 is 0 Å². The van der Waals surface area contributed by atoms with Crippen LogP contribution in [0.2, 0.25) is 0 Å². The van der Waals surface area contributed by atoms with Crippen LogP contribution in [-0.4, -0.2) is 22.0 Å². The third kappa shape index (κ3) is 2.71. The summed E-state index contributed by atoms with van der Waals surface area (Å²) in [5.74, 6) is 0. The van der Waals surface area contributed by atoms with Gasteiger partial charge in [-0.1, -0.05) is 53.2 Å². The lowest BCUT2D eigenvalue weighted by molar-refractivity contribution is 0.633. The Morgan fingerprint density at radius 3 is 2.57 bits per heavy atom. The van der Waals surface area contributed by atoms with Gasteiger partial charge in [0.1, 0.15) is 0 Å².